The number of anilines is 1. The number of rotatable bonds is 2. The average Bonchev–Trinajstić information content (AvgIpc) is 3.23. The number of non-ortho nitro benzene ring substituents is 1. The number of fused-ring (bicyclic) bond motifs is 7. The molecule has 5 atom stereocenters. The zero-order chi connectivity index (χ0) is 18.0. The molecule has 0 spiro atoms. The molecule has 1 heterocycles. The van der Waals surface area contributed by atoms with Crippen molar-refractivity contribution < 1.29 is 4.92 Å². The van der Waals surface area contributed by atoms with Gasteiger partial charge in [0.15, 0.2) is 0 Å². The molecule has 0 amide bonds. The highest BCUT2D eigenvalue weighted by atomic mass is 35.5. The normalized spacial score (nSPS) is 31.2. The maximum absolute atomic E-state index is 11.3. The molecule has 134 valence electrons. The van der Waals surface area contributed by atoms with Crippen LogP contribution in [0.5, 0.6) is 0 Å². The molecule has 3 aliphatic rings. The van der Waals surface area contributed by atoms with Crippen molar-refractivity contribution in [2.45, 2.75) is 31.2 Å². The molecule has 5 rings (SSSR count). The highest BCUT2D eigenvalue weighted by Crippen LogP contribution is 2.64. The Morgan fingerprint density at radius 1 is 1.04 bits per heavy atom. The van der Waals surface area contributed by atoms with Gasteiger partial charge in [0.1, 0.15) is 0 Å². The van der Waals surface area contributed by atoms with Gasteiger partial charge in [-0.1, -0.05) is 29.3 Å². The van der Waals surface area contributed by atoms with E-state index in [1.807, 2.05) is 18.2 Å². The molecule has 2 aliphatic carbocycles. The van der Waals surface area contributed by atoms with E-state index in [1.165, 1.54) is 19.3 Å². The monoisotopic (exact) mass is 388 g/mol. The summed E-state index contributed by atoms with van der Waals surface area (Å²) in [5.74, 6) is 2.03. The van der Waals surface area contributed by atoms with Crippen LogP contribution < -0.4 is 5.32 Å². The minimum atomic E-state index is -0.301. The third kappa shape index (κ3) is 2.35. The first-order chi connectivity index (χ1) is 12.5. The van der Waals surface area contributed by atoms with Gasteiger partial charge < -0.3 is 5.32 Å². The Bertz CT molecular complexity index is 917. The number of hydrogen-bond acceptors (Lipinski definition) is 3. The SMILES string of the molecule is O=[N+]([O-])c1ccc2c(c1)[C@H]1[C@H]3CC[C@@H](C3)[C@@H]1[C@@H](c1ccc(Cl)cc1Cl)N2. The highest BCUT2D eigenvalue weighted by molar-refractivity contribution is 6.35. The van der Waals surface area contributed by atoms with Crippen LogP contribution in [-0.2, 0) is 0 Å². The van der Waals surface area contributed by atoms with Crippen molar-refractivity contribution in [2.75, 3.05) is 5.32 Å². The number of hydrogen-bond donors (Lipinski definition) is 1. The Kier molecular flexibility index (Phi) is 3.70. The van der Waals surface area contributed by atoms with Crippen LogP contribution in [0.4, 0.5) is 11.4 Å². The summed E-state index contributed by atoms with van der Waals surface area (Å²) in [4.78, 5) is 11.0. The average molecular weight is 389 g/mol. The van der Waals surface area contributed by atoms with Gasteiger partial charge in [0.25, 0.3) is 5.69 Å². The number of nitro benzene ring substituents is 1. The number of halogens is 2. The van der Waals surface area contributed by atoms with Crippen LogP contribution in [0, 0.1) is 27.9 Å². The molecule has 2 fully saturated rings. The molecule has 1 N–H and O–H groups in total. The summed E-state index contributed by atoms with van der Waals surface area (Å²) in [7, 11) is 0. The van der Waals surface area contributed by atoms with E-state index in [0.717, 1.165) is 16.8 Å². The van der Waals surface area contributed by atoms with E-state index in [1.54, 1.807) is 18.2 Å². The third-order valence-corrected chi connectivity index (χ3v) is 7.14. The van der Waals surface area contributed by atoms with Gasteiger partial charge in [-0.15, -0.1) is 0 Å². The smallest absolute Gasteiger partial charge is 0.269 e. The lowest BCUT2D eigenvalue weighted by Crippen LogP contribution is -2.35. The second kappa shape index (κ2) is 5.86. The third-order valence-electron chi connectivity index (χ3n) is 6.58. The minimum Gasteiger partial charge on any atom is -0.378 e. The lowest BCUT2D eigenvalue weighted by molar-refractivity contribution is -0.384. The number of nitrogens with one attached hydrogen (secondary N) is 1. The van der Waals surface area contributed by atoms with Gasteiger partial charge in [-0.25, -0.2) is 0 Å². The van der Waals surface area contributed by atoms with Crippen molar-refractivity contribution in [3.8, 4) is 0 Å². The second-order valence-corrected chi connectivity index (χ2v) is 8.60. The van der Waals surface area contributed by atoms with E-state index in [2.05, 4.69) is 5.32 Å². The molecule has 6 heteroatoms. The van der Waals surface area contributed by atoms with Crippen molar-refractivity contribution in [3.05, 3.63) is 67.7 Å². The van der Waals surface area contributed by atoms with Gasteiger partial charge in [0.05, 0.1) is 11.0 Å². The molecule has 2 saturated carbocycles. The Morgan fingerprint density at radius 3 is 2.62 bits per heavy atom. The molecule has 26 heavy (non-hydrogen) atoms. The molecule has 4 nitrogen and oxygen atoms in total. The molecule has 0 aromatic heterocycles. The Hall–Kier alpha value is -1.78. The topological polar surface area (TPSA) is 55.2 Å². The van der Waals surface area contributed by atoms with Crippen LogP contribution in [0.2, 0.25) is 10.0 Å². The van der Waals surface area contributed by atoms with Crippen LogP contribution in [0.25, 0.3) is 0 Å². The molecule has 2 bridgehead atoms. The van der Waals surface area contributed by atoms with E-state index in [0.29, 0.717) is 33.7 Å². The van der Waals surface area contributed by atoms with Gasteiger partial charge in [-0.2, -0.15) is 0 Å². The molecule has 2 aromatic carbocycles. The highest BCUT2D eigenvalue weighted by Gasteiger charge is 2.54. The lowest BCUT2D eigenvalue weighted by Gasteiger charge is -2.43. The number of nitro groups is 1. The van der Waals surface area contributed by atoms with Gasteiger partial charge in [-0.05, 0) is 72.3 Å². The Morgan fingerprint density at radius 2 is 1.85 bits per heavy atom. The molecular formula is C20H18Cl2N2O2. The second-order valence-electron chi connectivity index (χ2n) is 7.75. The maximum Gasteiger partial charge on any atom is 0.269 e. The molecule has 1 aliphatic heterocycles. The molecule has 0 unspecified atom stereocenters. The number of nitrogens with zero attached hydrogens (tertiary/aromatic N) is 1. The first kappa shape index (κ1) is 16.4. The summed E-state index contributed by atoms with van der Waals surface area (Å²) < 4.78 is 0. The lowest BCUT2D eigenvalue weighted by atomic mass is 9.68. The van der Waals surface area contributed by atoms with Crippen molar-refractivity contribution in [1.82, 2.24) is 0 Å². The Balaban J connectivity index is 1.64. The molecule has 0 saturated heterocycles. The van der Waals surface area contributed by atoms with Crippen molar-refractivity contribution in [2.24, 2.45) is 17.8 Å². The minimum absolute atomic E-state index is 0.119. The predicted molar refractivity (Wildman–Crippen MR) is 103 cm³/mol. The first-order valence-corrected chi connectivity index (χ1v) is 9.78. The van der Waals surface area contributed by atoms with E-state index < -0.39 is 0 Å². The summed E-state index contributed by atoms with van der Waals surface area (Å²) >= 11 is 12.6. The van der Waals surface area contributed by atoms with Crippen LogP contribution in [0.3, 0.4) is 0 Å². The Labute approximate surface area is 161 Å². The summed E-state index contributed by atoms with van der Waals surface area (Å²) in [5, 5.41) is 16.2. The van der Waals surface area contributed by atoms with Gasteiger partial charge in [-0.3, -0.25) is 10.1 Å². The standard InChI is InChI=1S/C20H18Cl2N2O2/c21-12-3-5-14(16(22)8-12)20-19-11-2-1-10(7-11)18(19)15-9-13(24(25)26)4-6-17(15)23-20/h3-6,8-11,18-20,23H,1-2,7H2/t10-,11-,18+,19-,20+/m0/s1. The molecule has 2 aromatic rings. The maximum atomic E-state index is 11.3. The van der Waals surface area contributed by atoms with Crippen LogP contribution in [0.15, 0.2) is 36.4 Å². The summed E-state index contributed by atoms with van der Waals surface area (Å²) in [6.45, 7) is 0. The van der Waals surface area contributed by atoms with Gasteiger partial charge in [0.2, 0.25) is 0 Å². The fraction of sp³-hybridized carbons (Fsp3) is 0.400. The van der Waals surface area contributed by atoms with E-state index in [9.17, 15) is 10.1 Å². The molecular weight excluding hydrogens is 371 g/mol. The number of benzene rings is 2. The van der Waals surface area contributed by atoms with Crippen molar-refractivity contribution in [1.29, 1.82) is 0 Å². The largest absolute Gasteiger partial charge is 0.378 e. The van der Waals surface area contributed by atoms with E-state index in [4.69, 9.17) is 23.2 Å². The summed E-state index contributed by atoms with van der Waals surface area (Å²) in [6, 6.07) is 11.0. The van der Waals surface area contributed by atoms with E-state index >= 15 is 0 Å². The first-order valence-electron chi connectivity index (χ1n) is 9.03. The van der Waals surface area contributed by atoms with E-state index in [-0.39, 0.29) is 16.7 Å². The quantitative estimate of drug-likeness (QED) is 0.492. The fourth-order valence-electron chi connectivity index (χ4n) is 5.65. The molecule has 0 radical (unpaired) electrons. The van der Waals surface area contributed by atoms with Crippen LogP contribution in [0.1, 0.15) is 42.3 Å². The zero-order valence-electron chi connectivity index (χ0n) is 14.0. The summed E-state index contributed by atoms with van der Waals surface area (Å²) in [5.41, 5.74) is 3.36. The summed E-state index contributed by atoms with van der Waals surface area (Å²) in [6.07, 6.45) is 3.66. The zero-order valence-corrected chi connectivity index (χ0v) is 15.5. The van der Waals surface area contributed by atoms with Gasteiger partial charge in [0, 0.05) is 27.9 Å². The fourth-order valence-corrected chi connectivity index (χ4v) is 6.18. The van der Waals surface area contributed by atoms with Crippen molar-refractivity contribution in [3.63, 3.8) is 0 Å². The van der Waals surface area contributed by atoms with Crippen LogP contribution in [-0.4, -0.2) is 4.92 Å². The van der Waals surface area contributed by atoms with Crippen LogP contribution >= 0.6 is 23.2 Å². The predicted octanol–water partition coefficient (Wildman–Crippen LogP) is 6.20. The van der Waals surface area contributed by atoms with Crippen molar-refractivity contribution >= 4 is 34.6 Å². The van der Waals surface area contributed by atoms with Gasteiger partial charge >= 0.3 is 0 Å².